The van der Waals surface area contributed by atoms with Gasteiger partial charge in [-0.05, 0) is 25.5 Å². The van der Waals surface area contributed by atoms with E-state index in [0.717, 1.165) is 12.1 Å². The van der Waals surface area contributed by atoms with Crippen LogP contribution in [-0.2, 0) is 9.53 Å². The van der Waals surface area contributed by atoms with Crippen LogP contribution in [0.15, 0.2) is 30.9 Å². The Balaban J connectivity index is 2.69. The number of carbonyl (C=O) groups is 1. The van der Waals surface area contributed by atoms with E-state index in [1.54, 1.807) is 13.0 Å². The van der Waals surface area contributed by atoms with Crippen molar-refractivity contribution in [2.24, 2.45) is 0 Å². The molecule has 0 bridgehead atoms. The molecule has 0 aliphatic heterocycles. The molecule has 0 radical (unpaired) electrons. The van der Waals surface area contributed by atoms with Gasteiger partial charge in [0.15, 0.2) is 11.6 Å². The number of nitrogens with zero attached hydrogens (tertiary/aromatic N) is 1. The van der Waals surface area contributed by atoms with E-state index in [4.69, 9.17) is 4.74 Å². The third-order valence-corrected chi connectivity index (χ3v) is 2.66. The summed E-state index contributed by atoms with van der Waals surface area (Å²) in [6.07, 6.45) is 1.68. The largest absolute Gasteiger partial charge is 0.368 e. The van der Waals surface area contributed by atoms with Crippen LogP contribution >= 0.6 is 0 Å². The second-order valence-corrected chi connectivity index (χ2v) is 4.09. The Morgan fingerprint density at radius 2 is 2.16 bits per heavy atom. The van der Waals surface area contributed by atoms with Crippen molar-refractivity contribution >= 4 is 11.6 Å². The molecule has 0 heterocycles. The Labute approximate surface area is 111 Å². The number of hydrogen-bond acceptors (Lipinski definition) is 2. The first-order valence-electron chi connectivity index (χ1n) is 5.92. The molecule has 0 aliphatic rings. The number of carbonyl (C=O) groups excluding carboxylic acids is 1. The van der Waals surface area contributed by atoms with Gasteiger partial charge in [-0.25, -0.2) is 8.78 Å². The average molecular weight is 269 g/mol. The quantitative estimate of drug-likeness (QED) is 0.587. The molecule has 1 aromatic rings. The summed E-state index contributed by atoms with van der Waals surface area (Å²) in [5.41, 5.74) is 0.281. The van der Waals surface area contributed by atoms with Crippen LogP contribution in [0.1, 0.15) is 13.3 Å². The van der Waals surface area contributed by atoms with Crippen molar-refractivity contribution in [2.45, 2.75) is 19.4 Å². The van der Waals surface area contributed by atoms with E-state index < -0.39 is 17.7 Å². The first-order chi connectivity index (χ1) is 8.97. The van der Waals surface area contributed by atoms with Gasteiger partial charge < -0.3 is 9.64 Å². The van der Waals surface area contributed by atoms with E-state index in [1.165, 1.54) is 18.0 Å². The smallest absolute Gasteiger partial charge is 0.255 e. The average Bonchev–Trinajstić information content (AvgIpc) is 2.40. The highest BCUT2D eigenvalue weighted by Gasteiger charge is 2.19. The fourth-order valence-corrected chi connectivity index (χ4v) is 1.49. The number of halogens is 2. The first-order valence-corrected chi connectivity index (χ1v) is 5.92. The number of amides is 1. The Kier molecular flexibility index (Phi) is 5.63. The Bertz CT molecular complexity index is 463. The fourth-order valence-electron chi connectivity index (χ4n) is 1.49. The van der Waals surface area contributed by atoms with Gasteiger partial charge in [0.2, 0.25) is 0 Å². The lowest BCUT2D eigenvalue weighted by molar-refractivity contribution is -0.128. The normalized spacial score (nSPS) is 12.0. The zero-order valence-corrected chi connectivity index (χ0v) is 11.0. The van der Waals surface area contributed by atoms with Gasteiger partial charge in [0.1, 0.15) is 6.10 Å². The molecular weight excluding hydrogens is 252 g/mol. The third-order valence-electron chi connectivity index (χ3n) is 2.66. The Hall–Kier alpha value is -1.75. The van der Waals surface area contributed by atoms with E-state index in [1.807, 2.05) is 0 Å². The Morgan fingerprint density at radius 1 is 1.47 bits per heavy atom. The van der Waals surface area contributed by atoms with E-state index in [9.17, 15) is 13.6 Å². The molecule has 1 amide bonds. The summed E-state index contributed by atoms with van der Waals surface area (Å²) in [6.45, 7) is 5.55. The van der Waals surface area contributed by atoms with E-state index in [2.05, 4.69) is 6.58 Å². The van der Waals surface area contributed by atoms with Gasteiger partial charge in [-0.1, -0.05) is 6.08 Å². The van der Waals surface area contributed by atoms with Crippen molar-refractivity contribution in [1.82, 2.24) is 0 Å². The number of rotatable bonds is 6. The van der Waals surface area contributed by atoms with Gasteiger partial charge in [-0.15, -0.1) is 6.58 Å². The highest BCUT2D eigenvalue weighted by molar-refractivity contribution is 5.95. The van der Waals surface area contributed by atoms with Gasteiger partial charge >= 0.3 is 0 Å². The number of anilines is 1. The van der Waals surface area contributed by atoms with Crippen LogP contribution in [0.5, 0.6) is 0 Å². The highest BCUT2D eigenvalue weighted by Crippen LogP contribution is 2.17. The zero-order chi connectivity index (χ0) is 14.4. The van der Waals surface area contributed by atoms with Crippen LogP contribution in [0.3, 0.4) is 0 Å². The maximum absolute atomic E-state index is 13.1. The molecular formula is C14H17F2NO2. The Morgan fingerprint density at radius 3 is 2.74 bits per heavy atom. The first kappa shape index (κ1) is 15.3. The van der Waals surface area contributed by atoms with E-state index in [0.29, 0.717) is 13.0 Å². The number of likely N-dealkylation sites (N-methyl/N-ethyl adjacent to an activating group) is 1. The molecule has 1 atom stereocenters. The molecule has 1 unspecified atom stereocenters. The van der Waals surface area contributed by atoms with Crippen LogP contribution in [0, 0.1) is 11.6 Å². The summed E-state index contributed by atoms with van der Waals surface area (Å²) in [4.78, 5) is 13.2. The predicted molar refractivity (Wildman–Crippen MR) is 70.0 cm³/mol. The minimum absolute atomic E-state index is 0.281. The minimum Gasteiger partial charge on any atom is -0.368 e. The van der Waals surface area contributed by atoms with Crippen LogP contribution < -0.4 is 4.90 Å². The van der Waals surface area contributed by atoms with Crippen molar-refractivity contribution in [1.29, 1.82) is 0 Å². The van der Waals surface area contributed by atoms with Crippen LogP contribution in [0.25, 0.3) is 0 Å². The lowest BCUT2D eigenvalue weighted by Gasteiger charge is -2.21. The summed E-state index contributed by atoms with van der Waals surface area (Å²) >= 11 is 0. The van der Waals surface area contributed by atoms with Crippen molar-refractivity contribution in [3.8, 4) is 0 Å². The molecule has 0 saturated carbocycles. The van der Waals surface area contributed by atoms with Crippen molar-refractivity contribution in [3.63, 3.8) is 0 Å². The number of ether oxygens (including phenoxy) is 1. The standard InChI is InChI=1S/C14H17F2NO2/c1-4-5-8-19-10(2)14(18)17(3)11-6-7-12(15)13(16)9-11/h4,6-7,9-10H,1,5,8H2,2-3H3. The van der Waals surface area contributed by atoms with Crippen LogP contribution in [-0.4, -0.2) is 25.7 Å². The maximum Gasteiger partial charge on any atom is 0.255 e. The lowest BCUT2D eigenvalue weighted by Crippen LogP contribution is -2.36. The summed E-state index contributed by atoms with van der Waals surface area (Å²) in [7, 11) is 1.49. The second-order valence-electron chi connectivity index (χ2n) is 4.09. The predicted octanol–water partition coefficient (Wildman–Crippen LogP) is 2.91. The summed E-state index contributed by atoms with van der Waals surface area (Å²) in [5.74, 6) is -2.26. The van der Waals surface area contributed by atoms with Crippen LogP contribution in [0.4, 0.5) is 14.5 Å². The monoisotopic (exact) mass is 269 g/mol. The van der Waals surface area contributed by atoms with E-state index in [-0.39, 0.29) is 11.6 Å². The third kappa shape index (κ3) is 4.13. The van der Waals surface area contributed by atoms with Crippen LogP contribution in [0.2, 0.25) is 0 Å². The molecule has 1 aromatic carbocycles. The van der Waals surface area contributed by atoms with Crippen molar-refractivity contribution < 1.29 is 18.3 Å². The summed E-state index contributed by atoms with van der Waals surface area (Å²) in [6, 6.07) is 3.30. The van der Waals surface area contributed by atoms with Gasteiger partial charge in [0, 0.05) is 18.8 Å². The molecule has 0 N–H and O–H groups in total. The van der Waals surface area contributed by atoms with Gasteiger partial charge in [0.05, 0.1) is 6.61 Å². The molecule has 0 aliphatic carbocycles. The highest BCUT2D eigenvalue weighted by atomic mass is 19.2. The molecule has 1 rings (SSSR count). The van der Waals surface area contributed by atoms with Gasteiger partial charge in [0.25, 0.3) is 5.91 Å². The van der Waals surface area contributed by atoms with Crippen molar-refractivity contribution in [3.05, 3.63) is 42.5 Å². The van der Waals surface area contributed by atoms with E-state index >= 15 is 0 Å². The fraction of sp³-hybridized carbons (Fsp3) is 0.357. The minimum atomic E-state index is -0.989. The number of benzene rings is 1. The zero-order valence-electron chi connectivity index (χ0n) is 11.0. The molecule has 19 heavy (non-hydrogen) atoms. The second kappa shape index (κ2) is 6.99. The molecule has 5 heteroatoms. The summed E-state index contributed by atoms with van der Waals surface area (Å²) in [5, 5.41) is 0. The summed E-state index contributed by atoms with van der Waals surface area (Å²) < 4.78 is 31.2. The molecule has 0 fully saturated rings. The maximum atomic E-state index is 13.1. The lowest BCUT2D eigenvalue weighted by atomic mass is 10.2. The topological polar surface area (TPSA) is 29.5 Å². The molecule has 3 nitrogen and oxygen atoms in total. The van der Waals surface area contributed by atoms with Gasteiger partial charge in [-0.3, -0.25) is 4.79 Å². The molecule has 0 aromatic heterocycles. The van der Waals surface area contributed by atoms with Gasteiger partial charge in [-0.2, -0.15) is 0 Å². The number of hydrogen-bond donors (Lipinski definition) is 0. The molecule has 0 saturated heterocycles. The van der Waals surface area contributed by atoms with Crippen molar-refractivity contribution in [2.75, 3.05) is 18.6 Å². The molecule has 0 spiro atoms. The SMILES string of the molecule is C=CCCOC(C)C(=O)N(C)c1ccc(F)c(F)c1. The molecule has 104 valence electrons.